The molecule has 0 amide bonds. The molecule has 13 heteroatoms. The third-order valence-electron chi connectivity index (χ3n) is 4.48. The second-order valence-corrected chi connectivity index (χ2v) is 8.86. The predicted molar refractivity (Wildman–Crippen MR) is 119 cm³/mol. The van der Waals surface area contributed by atoms with Crippen LogP contribution in [0.15, 0.2) is 48.8 Å². The third kappa shape index (κ3) is 6.52. The molecule has 0 unspecified atom stereocenters. The predicted octanol–water partition coefficient (Wildman–Crippen LogP) is 3.47. The molecule has 2 aromatic heterocycles. The van der Waals surface area contributed by atoms with E-state index in [1.54, 1.807) is 30.3 Å². The Kier molecular flexibility index (Phi) is 7.33. The maximum Gasteiger partial charge on any atom is 0.421 e. The van der Waals surface area contributed by atoms with E-state index in [1.165, 1.54) is 13.1 Å². The van der Waals surface area contributed by atoms with Crippen LogP contribution in [0.5, 0.6) is 0 Å². The van der Waals surface area contributed by atoms with Gasteiger partial charge in [-0.1, -0.05) is 18.2 Å². The van der Waals surface area contributed by atoms with Gasteiger partial charge in [-0.3, -0.25) is 4.72 Å². The summed E-state index contributed by atoms with van der Waals surface area (Å²) in [6.45, 7) is 1.58. The third-order valence-corrected chi connectivity index (χ3v) is 5.75. The summed E-state index contributed by atoms with van der Waals surface area (Å²) in [5, 5.41) is 5.48. The fourth-order valence-corrected chi connectivity index (χ4v) is 3.38. The number of nitrogens with two attached hydrogens (primary N) is 1. The Bertz CT molecular complexity index is 1220. The van der Waals surface area contributed by atoms with Gasteiger partial charge in [0.1, 0.15) is 17.2 Å². The molecule has 33 heavy (non-hydrogen) atoms. The summed E-state index contributed by atoms with van der Waals surface area (Å²) in [6.07, 6.45) is -2.66. The molecule has 176 valence electrons. The van der Waals surface area contributed by atoms with Crippen molar-refractivity contribution in [3.05, 3.63) is 65.5 Å². The van der Waals surface area contributed by atoms with Crippen molar-refractivity contribution in [1.82, 2.24) is 15.0 Å². The number of hydrogen-bond donors (Lipinski definition) is 4. The molecular formula is C20H22F3N7O2S. The van der Waals surface area contributed by atoms with Crippen LogP contribution in [0.1, 0.15) is 23.6 Å². The number of sulfonamides is 1. The van der Waals surface area contributed by atoms with Gasteiger partial charge in [0, 0.05) is 36.7 Å². The quantitative estimate of drug-likeness (QED) is 0.365. The fourth-order valence-electron chi connectivity index (χ4n) is 2.76. The molecule has 5 N–H and O–H groups in total. The van der Waals surface area contributed by atoms with Gasteiger partial charge in [0.25, 0.3) is 0 Å². The van der Waals surface area contributed by atoms with Crippen molar-refractivity contribution >= 4 is 33.3 Å². The monoisotopic (exact) mass is 481 g/mol. The van der Waals surface area contributed by atoms with E-state index in [-0.39, 0.29) is 24.1 Å². The number of hydrogen-bond acceptors (Lipinski definition) is 8. The van der Waals surface area contributed by atoms with Crippen LogP contribution in [-0.2, 0) is 29.3 Å². The molecule has 2 heterocycles. The molecule has 0 saturated heterocycles. The highest BCUT2D eigenvalue weighted by Crippen LogP contribution is 2.34. The topological polar surface area (TPSA) is 135 Å². The number of halogens is 3. The Hall–Kier alpha value is -3.45. The van der Waals surface area contributed by atoms with Crippen LogP contribution in [0, 0.1) is 0 Å². The Labute approximate surface area is 188 Å². The average molecular weight is 482 g/mol. The molecule has 9 nitrogen and oxygen atoms in total. The highest BCUT2D eigenvalue weighted by Gasteiger charge is 2.35. The van der Waals surface area contributed by atoms with Gasteiger partial charge in [-0.25, -0.2) is 18.4 Å². The minimum absolute atomic E-state index is 0.0198. The summed E-state index contributed by atoms with van der Waals surface area (Å²) in [5.41, 5.74) is 6.27. The van der Waals surface area contributed by atoms with E-state index in [9.17, 15) is 21.6 Å². The van der Waals surface area contributed by atoms with Crippen LogP contribution in [0.4, 0.5) is 36.4 Å². The van der Waals surface area contributed by atoms with Crippen LogP contribution < -0.4 is 21.1 Å². The molecule has 0 spiro atoms. The second kappa shape index (κ2) is 10.0. The molecule has 0 radical (unpaired) electrons. The number of alkyl halides is 3. The van der Waals surface area contributed by atoms with E-state index in [0.717, 1.165) is 5.56 Å². The number of nitrogens with one attached hydrogen (secondary N) is 3. The van der Waals surface area contributed by atoms with Gasteiger partial charge >= 0.3 is 6.18 Å². The first-order valence-electron chi connectivity index (χ1n) is 9.80. The van der Waals surface area contributed by atoms with Crippen molar-refractivity contribution in [3.63, 3.8) is 0 Å². The highest BCUT2D eigenvalue weighted by atomic mass is 32.2. The zero-order valence-corrected chi connectivity index (χ0v) is 18.3. The Morgan fingerprint density at radius 2 is 1.88 bits per heavy atom. The van der Waals surface area contributed by atoms with E-state index >= 15 is 0 Å². The standard InChI is InChI=1S/C20H22F3N7O2S/c1-2-33(31,32)30-17-14(6-4-8-25-17)11-26-18-16(20(21,22)23)12-27-19(29-18)28-15-7-3-5-13(9-15)10-24/h3-9,12H,2,10-11,24H2,1H3,(H,25,30)(H2,26,27,28,29). The van der Waals surface area contributed by atoms with Gasteiger partial charge in [-0.2, -0.15) is 18.2 Å². The van der Waals surface area contributed by atoms with Crippen molar-refractivity contribution in [2.45, 2.75) is 26.2 Å². The first-order valence-corrected chi connectivity index (χ1v) is 11.4. The van der Waals surface area contributed by atoms with Gasteiger partial charge in [-0.15, -0.1) is 0 Å². The maximum atomic E-state index is 13.5. The first-order chi connectivity index (χ1) is 15.6. The molecule has 3 aromatic rings. The molecule has 3 rings (SSSR count). The largest absolute Gasteiger partial charge is 0.421 e. The van der Waals surface area contributed by atoms with Gasteiger partial charge < -0.3 is 16.4 Å². The minimum atomic E-state index is -4.71. The minimum Gasteiger partial charge on any atom is -0.365 e. The number of nitrogens with zero attached hydrogens (tertiary/aromatic N) is 3. The summed E-state index contributed by atoms with van der Waals surface area (Å²) >= 11 is 0. The maximum absolute atomic E-state index is 13.5. The lowest BCUT2D eigenvalue weighted by Crippen LogP contribution is -2.18. The number of pyridine rings is 1. The van der Waals surface area contributed by atoms with Gasteiger partial charge in [0.15, 0.2) is 0 Å². The van der Waals surface area contributed by atoms with Gasteiger partial charge in [0.05, 0.1) is 5.75 Å². The molecule has 1 aromatic carbocycles. The lowest BCUT2D eigenvalue weighted by Gasteiger charge is -2.16. The molecule has 0 aliphatic rings. The Morgan fingerprint density at radius 3 is 2.58 bits per heavy atom. The van der Waals surface area contributed by atoms with Crippen LogP contribution in [0.2, 0.25) is 0 Å². The van der Waals surface area contributed by atoms with Gasteiger partial charge in [0.2, 0.25) is 16.0 Å². The highest BCUT2D eigenvalue weighted by molar-refractivity contribution is 7.92. The lowest BCUT2D eigenvalue weighted by atomic mass is 10.2. The summed E-state index contributed by atoms with van der Waals surface area (Å²) in [5.74, 6) is -0.687. The van der Waals surface area contributed by atoms with E-state index in [4.69, 9.17) is 5.73 Å². The SMILES string of the molecule is CCS(=O)(=O)Nc1ncccc1CNc1nc(Nc2cccc(CN)c2)ncc1C(F)(F)F. The van der Waals surface area contributed by atoms with Gasteiger partial charge in [-0.05, 0) is 30.7 Å². The van der Waals surface area contributed by atoms with E-state index in [2.05, 4.69) is 30.3 Å². The number of rotatable bonds is 9. The number of aromatic nitrogens is 3. The molecule has 0 saturated carbocycles. The van der Waals surface area contributed by atoms with E-state index in [0.29, 0.717) is 24.0 Å². The first kappa shape index (κ1) is 24.2. The van der Waals surface area contributed by atoms with E-state index < -0.39 is 27.6 Å². The van der Waals surface area contributed by atoms with Crippen LogP contribution in [-0.4, -0.2) is 29.1 Å². The molecular weight excluding hydrogens is 459 g/mol. The van der Waals surface area contributed by atoms with Crippen molar-refractivity contribution in [2.24, 2.45) is 5.73 Å². The lowest BCUT2D eigenvalue weighted by molar-refractivity contribution is -0.137. The van der Waals surface area contributed by atoms with Crippen molar-refractivity contribution in [3.8, 4) is 0 Å². The molecule has 0 aliphatic heterocycles. The van der Waals surface area contributed by atoms with E-state index in [1.807, 2.05) is 6.07 Å². The van der Waals surface area contributed by atoms with Crippen LogP contribution in [0.3, 0.4) is 0 Å². The smallest absolute Gasteiger partial charge is 0.365 e. The second-order valence-electron chi connectivity index (χ2n) is 6.85. The number of benzene rings is 1. The van der Waals surface area contributed by atoms with Crippen LogP contribution >= 0.6 is 0 Å². The molecule has 0 aliphatic carbocycles. The summed E-state index contributed by atoms with van der Waals surface area (Å²) in [7, 11) is -3.62. The summed E-state index contributed by atoms with van der Waals surface area (Å²) in [4.78, 5) is 11.7. The van der Waals surface area contributed by atoms with Crippen molar-refractivity contribution < 1.29 is 21.6 Å². The zero-order chi connectivity index (χ0) is 24.1. The molecule has 0 bridgehead atoms. The molecule has 0 fully saturated rings. The Morgan fingerprint density at radius 1 is 1.09 bits per heavy atom. The molecule has 0 atom stereocenters. The Balaban J connectivity index is 1.88. The van der Waals surface area contributed by atoms with Crippen molar-refractivity contribution in [1.29, 1.82) is 0 Å². The fraction of sp³-hybridized carbons (Fsp3) is 0.250. The summed E-state index contributed by atoms with van der Waals surface area (Å²) in [6, 6.07) is 10.1. The average Bonchev–Trinajstić information content (AvgIpc) is 2.78. The number of anilines is 4. The zero-order valence-electron chi connectivity index (χ0n) is 17.5. The van der Waals surface area contributed by atoms with Crippen LogP contribution in [0.25, 0.3) is 0 Å². The normalized spacial score (nSPS) is 11.8. The van der Waals surface area contributed by atoms with Crippen molar-refractivity contribution in [2.75, 3.05) is 21.1 Å². The summed E-state index contributed by atoms with van der Waals surface area (Å²) < 4.78 is 66.7.